The summed E-state index contributed by atoms with van der Waals surface area (Å²) < 4.78 is 11.9. The Bertz CT molecular complexity index is 488. The second kappa shape index (κ2) is 6.05. The van der Waals surface area contributed by atoms with E-state index in [1.54, 1.807) is 0 Å². The second-order valence-electron chi connectivity index (χ2n) is 5.78. The van der Waals surface area contributed by atoms with E-state index in [-0.39, 0.29) is 0 Å². The molecule has 2 rings (SSSR count). The average molecular weight is 354 g/mol. The van der Waals surface area contributed by atoms with Crippen LogP contribution >= 0.6 is 33.2 Å². The lowest BCUT2D eigenvalue weighted by molar-refractivity contribution is -0.198. The fourth-order valence-corrected chi connectivity index (χ4v) is 3.80. The molecule has 112 valence electrons. The molecule has 0 aliphatic carbocycles. The van der Waals surface area contributed by atoms with Gasteiger partial charge >= 0.3 is 6.00 Å². The van der Waals surface area contributed by atoms with Crippen LogP contribution in [0.2, 0.25) is 0 Å². The van der Waals surface area contributed by atoms with E-state index in [9.17, 15) is 0 Å². The van der Waals surface area contributed by atoms with Gasteiger partial charge in [-0.15, -0.1) is 33.2 Å². The SMILES string of the molecule is CC(C)CCC1(C)OCc2cc([Si](Cl)(Cl)Cl)ccc2O1. The third-order valence-electron chi connectivity index (χ3n) is 3.42. The summed E-state index contributed by atoms with van der Waals surface area (Å²) in [5, 5.41) is 0.763. The lowest BCUT2D eigenvalue weighted by Gasteiger charge is -2.36. The van der Waals surface area contributed by atoms with E-state index < -0.39 is 11.8 Å². The fourth-order valence-electron chi connectivity index (χ4n) is 2.13. The molecular weight excluding hydrogens is 335 g/mol. The fraction of sp³-hybridized carbons (Fsp3) is 0.571. The summed E-state index contributed by atoms with van der Waals surface area (Å²) in [7, 11) is 0. The molecular formula is C14H19Cl3O2Si. The summed E-state index contributed by atoms with van der Waals surface area (Å²) in [6.07, 6.45) is 1.93. The highest BCUT2D eigenvalue weighted by Gasteiger charge is 2.34. The Morgan fingerprint density at radius 1 is 1.30 bits per heavy atom. The molecule has 0 saturated carbocycles. The van der Waals surface area contributed by atoms with Crippen LogP contribution in [0, 0.1) is 5.92 Å². The molecule has 1 atom stereocenters. The van der Waals surface area contributed by atoms with Crippen LogP contribution in [-0.4, -0.2) is 11.8 Å². The standard InChI is InChI=1S/C14H19Cl3O2Si/c1-10(2)6-7-14(3)18-9-11-8-12(20(15,16)17)4-5-13(11)19-14/h4-5,8,10H,6-7,9H2,1-3H3. The molecule has 6 heteroatoms. The molecule has 0 saturated heterocycles. The molecule has 0 fully saturated rings. The van der Waals surface area contributed by atoms with Crippen molar-refractivity contribution in [2.75, 3.05) is 0 Å². The Labute approximate surface area is 135 Å². The molecule has 2 nitrogen and oxygen atoms in total. The molecule has 0 spiro atoms. The van der Waals surface area contributed by atoms with Gasteiger partial charge in [0.05, 0.1) is 6.61 Å². The third kappa shape index (κ3) is 4.05. The van der Waals surface area contributed by atoms with E-state index in [2.05, 4.69) is 13.8 Å². The van der Waals surface area contributed by atoms with Crippen LogP contribution in [0.1, 0.15) is 39.2 Å². The van der Waals surface area contributed by atoms with E-state index in [1.807, 2.05) is 25.1 Å². The van der Waals surface area contributed by atoms with Gasteiger partial charge < -0.3 is 9.47 Å². The summed E-state index contributed by atoms with van der Waals surface area (Å²) >= 11 is 18.1. The van der Waals surface area contributed by atoms with Crippen LogP contribution < -0.4 is 9.92 Å². The van der Waals surface area contributed by atoms with E-state index in [4.69, 9.17) is 42.7 Å². The highest BCUT2D eigenvalue weighted by Crippen LogP contribution is 2.35. The molecule has 20 heavy (non-hydrogen) atoms. The zero-order chi connectivity index (χ0) is 15.0. The maximum Gasteiger partial charge on any atom is 0.372 e. The van der Waals surface area contributed by atoms with Crippen molar-refractivity contribution in [2.45, 2.75) is 46.0 Å². The largest absolute Gasteiger partial charge is 0.462 e. The average Bonchev–Trinajstić information content (AvgIpc) is 2.35. The van der Waals surface area contributed by atoms with Crippen LogP contribution in [0.5, 0.6) is 5.75 Å². The number of hydrogen-bond donors (Lipinski definition) is 0. The normalized spacial score (nSPS) is 22.6. The smallest absolute Gasteiger partial charge is 0.372 e. The van der Waals surface area contributed by atoms with Gasteiger partial charge in [-0.1, -0.05) is 26.0 Å². The van der Waals surface area contributed by atoms with Crippen molar-refractivity contribution < 1.29 is 9.47 Å². The molecule has 1 aromatic carbocycles. The Hall–Kier alpha value is 0.0669. The van der Waals surface area contributed by atoms with Gasteiger partial charge in [-0.2, -0.15) is 0 Å². The molecule has 1 unspecified atom stereocenters. The van der Waals surface area contributed by atoms with E-state index >= 15 is 0 Å². The van der Waals surface area contributed by atoms with Gasteiger partial charge in [0.15, 0.2) is 0 Å². The highest BCUT2D eigenvalue weighted by molar-refractivity contribution is 7.69. The first-order chi connectivity index (χ1) is 9.20. The Morgan fingerprint density at radius 3 is 2.60 bits per heavy atom. The van der Waals surface area contributed by atoms with Crippen molar-refractivity contribution in [3.63, 3.8) is 0 Å². The van der Waals surface area contributed by atoms with Crippen LogP contribution in [0.25, 0.3) is 0 Å². The predicted molar refractivity (Wildman–Crippen MR) is 87.3 cm³/mol. The van der Waals surface area contributed by atoms with Crippen molar-refractivity contribution in [1.82, 2.24) is 0 Å². The summed E-state index contributed by atoms with van der Waals surface area (Å²) in [6, 6.07) is 2.76. The van der Waals surface area contributed by atoms with Crippen LogP contribution in [0.4, 0.5) is 0 Å². The number of fused-ring (bicyclic) bond motifs is 1. The van der Waals surface area contributed by atoms with Crippen LogP contribution in [0.15, 0.2) is 18.2 Å². The third-order valence-corrected chi connectivity index (χ3v) is 6.35. The number of rotatable bonds is 4. The molecule has 0 aromatic heterocycles. The summed E-state index contributed by atoms with van der Waals surface area (Å²) in [6.45, 7) is 6.86. The molecule has 1 aliphatic heterocycles. The topological polar surface area (TPSA) is 18.5 Å². The number of ether oxygens (including phenoxy) is 2. The lowest BCUT2D eigenvalue weighted by atomic mass is 10.0. The Balaban J connectivity index is 2.15. The molecule has 1 aliphatic rings. The maximum absolute atomic E-state index is 6.03. The summed E-state index contributed by atoms with van der Waals surface area (Å²) in [5.41, 5.74) is 0.948. The molecule has 0 N–H and O–H groups in total. The van der Waals surface area contributed by atoms with E-state index in [1.165, 1.54) is 0 Å². The van der Waals surface area contributed by atoms with Gasteiger partial charge in [0.2, 0.25) is 5.79 Å². The number of benzene rings is 1. The van der Waals surface area contributed by atoms with Gasteiger partial charge in [-0.3, -0.25) is 0 Å². The maximum atomic E-state index is 6.03. The first-order valence-electron chi connectivity index (χ1n) is 6.73. The Kier molecular flexibility index (Phi) is 4.97. The molecule has 0 radical (unpaired) electrons. The lowest BCUT2D eigenvalue weighted by Crippen LogP contribution is -2.40. The zero-order valence-electron chi connectivity index (χ0n) is 11.9. The molecule has 1 heterocycles. The molecule has 0 bridgehead atoms. The molecule has 0 amide bonds. The van der Waals surface area contributed by atoms with E-state index in [0.717, 1.165) is 29.3 Å². The van der Waals surface area contributed by atoms with E-state index in [0.29, 0.717) is 12.5 Å². The first kappa shape index (κ1) is 16.4. The van der Waals surface area contributed by atoms with Crippen molar-refractivity contribution in [1.29, 1.82) is 0 Å². The molecule has 1 aromatic rings. The highest BCUT2D eigenvalue weighted by atomic mass is 35.8. The number of hydrogen-bond acceptors (Lipinski definition) is 2. The zero-order valence-corrected chi connectivity index (χ0v) is 15.1. The minimum Gasteiger partial charge on any atom is -0.462 e. The second-order valence-corrected chi connectivity index (χ2v) is 14.2. The Morgan fingerprint density at radius 2 is 2.00 bits per heavy atom. The minimum absolute atomic E-state index is 0.493. The van der Waals surface area contributed by atoms with Crippen LogP contribution in [0.3, 0.4) is 0 Å². The monoisotopic (exact) mass is 352 g/mol. The summed E-state index contributed by atoms with van der Waals surface area (Å²) in [4.78, 5) is 0. The van der Waals surface area contributed by atoms with Gasteiger partial charge in [0, 0.05) is 18.9 Å². The van der Waals surface area contributed by atoms with Crippen molar-refractivity contribution in [3.05, 3.63) is 23.8 Å². The van der Waals surface area contributed by atoms with Crippen molar-refractivity contribution in [3.8, 4) is 5.75 Å². The van der Waals surface area contributed by atoms with Gasteiger partial charge in [0.25, 0.3) is 0 Å². The van der Waals surface area contributed by atoms with Gasteiger partial charge in [-0.25, -0.2) is 0 Å². The van der Waals surface area contributed by atoms with Gasteiger partial charge in [-0.05, 0) is 23.6 Å². The van der Waals surface area contributed by atoms with Crippen molar-refractivity contribution in [2.24, 2.45) is 5.92 Å². The number of halogens is 3. The van der Waals surface area contributed by atoms with Crippen molar-refractivity contribution >= 4 is 44.4 Å². The van der Waals surface area contributed by atoms with Gasteiger partial charge in [0.1, 0.15) is 5.75 Å². The quantitative estimate of drug-likeness (QED) is 0.581. The minimum atomic E-state index is -2.85. The predicted octanol–water partition coefficient (Wildman–Crippen LogP) is 4.61. The summed E-state index contributed by atoms with van der Waals surface area (Å²) in [5.74, 6) is 0.892. The van der Waals surface area contributed by atoms with Crippen LogP contribution in [-0.2, 0) is 11.3 Å². The first-order valence-corrected chi connectivity index (χ1v) is 11.8.